The molecule has 0 unspecified atom stereocenters. The Bertz CT molecular complexity index is 586. The van der Waals surface area contributed by atoms with Gasteiger partial charge in [0.25, 0.3) is 5.91 Å². The first-order chi connectivity index (χ1) is 11.6. The molecule has 0 aromatic heterocycles. The standard InChI is InChI=1S/C20H29NO3/c1-14(20(23)21(2)18-9-5-6-10-19(18)22)24-17-12-11-15-7-3-4-8-16(15)13-17/h11-14,18-19,22H,3-10H2,1-2H3/t14-,18+,19+/m0/s1. The van der Waals surface area contributed by atoms with Crippen molar-refractivity contribution in [3.05, 3.63) is 29.3 Å². The van der Waals surface area contributed by atoms with Gasteiger partial charge >= 0.3 is 0 Å². The lowest BCUT2D eigenvalue weighted by molar-refractivity contribution is -0.142. The molecule has 4 nitrogen and oxygen atoms in total. The van der Waals surface area contributed by atoms with Crippen LogP contribution in [0, 0.1) is 0 Å². The van der Waals surface area contributed by atoms with Crippen LogP contribution in [0.5, 0.6) is 5.75 Å². The van der Waals surface area contributed by atoms with Gasteiger partial charge in [-0.3, -0.25) is 4.79 Å². The van der Waals surface area contributed by atoms with Crippen LogP contribution < -0.4 is 4.74 Å². The molecule has 1 fully saturated rings. The molecule has 0 aliphatic heterocycles. The van der Waals surface area contributed by atoms with Gasteiger partial charge in [-0.15, -0.1) is 0 Å². The van der Waals surface area contributed by atoms with Gasteiger partial charge in [0.05, 0.1) is 12.1 Å². The maximum absolute atomic E-state index is 12.7. The van der Waals surface area contributed by atoms with E-state index in [0.717, 1.165) is 44.3 Å². The first-order valence-electron chi connectivity index (χ1n) is 9.29. The van der Waals surface area contributed by atoms with E-state index in [4.69, 9.17) is 4.74 Å². The Morgan fingerprint density at radius 1 is 1.17 bits per heavy atom. The van der Waals surface area contributed by atoms with Crippen molar-refractivity contribution in [1.82, 2.24) is 4.90 Å². The van der Waals surface area contributed by atoms with Crippen molar-refractivity contribution in [2.45, 2.75) is 76.5 Å². The van der Waals surface area contributed by atoms with E-state index >= 15 is 0 Å². The molecule has 0 bridgehead atoms. The number of nitrogens with zero attached hydrogens (tertiary/aromatic N) is 1. The van der Waals surface area contributed by atoms with Crippen LogP contribution in [0.15, 0.2) is 18.2 Å². The lowest BCUT2D eigenvalue weighted by atomic mass is 9.91. The Morgan fingerprint density at radius 3 is 2.62 bits per heavy atom. The minimum absolute atomic E-state index is 0.0568. The fourth-order valence-electron chi connectivity index (χ4n) is 4.03. The zero-order valence-corrected chi connectivity index (χ0v) is 14.8. The van der Waals surface area contributed by atoms with E-state index in [1.165, 1.54) is 24.0 Å². The van der Waals surface area contributed by atoms with Crippen molar-refractivity contribution in [3.63, 3.8) is 0 Å². The highest BCUT2D eigenvalue weighted by Gasteiger charge is 2.32. The minimum Gasteiger partial charge on any atom is -0.481 e. The predicted octanol–water partition coefficient (Wildman–Crippen LogP) is 3.09. The number of amides is 1. The summed E-state index contributed by atoms with van der Waals surface area (Å²) in [7, 11) is 1.79. The summed E-state index contributed by atoms with van der Waals surface area (Å²) in [6.45, 7) is 1.80. The minimum atomic E-state index is -0.536. The molecular formula is C20H29NO3. The van der Waals surface area contributed by atoms with E-state index < -0.39 is 12.2 Å². The Balaban J connectivity index is 1.63. The van der Waals surface area contributed by atoms with Crippen molar-refractivity contribution in [2.75, 3.05) is 7.05 Å². The summed E-state index contributed by atoms with van der Waals surface area (Å²) >= 11 is 0. The highest BCUT2D eigenvalue weighted by Crippen LogP contribution is 2.27. The summed E-state index contributed by atoms with van der Waals surface area (Å²) in [5.74, 6) is 0.716. The molecule has 0 spiro atoms. The van der Waals surface area contributed by atoms with Crippen LogP contribution in [0.1, 0.15) is 56.6 Å². The summed E-state index contributed by atoms with van der Waals surface area (Å²) < 4.78 is 5.92. The summed E-state index contributed by atoms with van der Waals surface area (Å²) in [6.07, 6.45) is 7.55. The van der Waals surface area contributed by atoms with Gasteiger partial charge in [-0.1, -0.05) is 18.9 Å². The molecular weight excluding hydrogens is 302 g/mol. The van der Waals surface area contributed by atoms with Crippen LogP contribution in [0.25, 0.3) is 0 Å². The fourth-order valence-corrected chi connectivity index (χ4v) is 4.03. The Labute approximate surface area is 144 Å². The van der Waals surface area contributed by atoms with E-state index in [2.05, 4.69) is 12.1 Å². The summed E-state index contributed by atoms with van der Waals surface area (Å²) in [6, 6.07) is 6.12. The number of hydrogen-bond acceptors (Lipinski definition) is 3. The molecule has 2 aliphatic rings. The lowest BCUT2D eigenvalue weighted by Gasteiger charge is -2.36. The van der Waals surface area contributed by atoms with Gasteiger partial charge in [0.1, 0.15) is 5.75 Å². The first kappa shape index (κ1) is 17.3. The van der Waals surface area contributed by atoms with Crippen LogP contribution in [-0.2, 0) is 17.6 Å². The average molecular weight is 331 g/mol. The zero-order valence-electron chi connectivity index (χ0n) is 14.8. The molecule has 1 aromatic carbocycles. The molecule has 1 N–H and O–H groups in total. The molecule has 0 saturated heterocycles. The fraction of sp³-hybridized carbons (Fsp3) is 0.650. The number of fused-ring (bicyclic) bond motifs is 1. The van der Waals surface area contributed by atoms with Gasteiger partial charge in [0.2, 0.25) is 0 Å². The number of carbonyl (C=O) groups excluding carboxylic acids is 1. The maximum Gasteiger partial charge on any atom is 0.263 e. The number of hydrogen-bond donors (Lipinski definition) is 1. The normalized spacial score (nSPS) is 24.8. The molecule has 3 atom stereocenters. The Kier molecular flexibility index (Phi) is 5.44. The summed E-state index contributed by atoms with van der Waals surface area (Å²) in [5, 5.41) is 10.2. The summed E-state index contributed by atoms with van der Waals surface area (Å²) in [5.41, 5.74) is 2.77. The molecule has 0 radical (unpaired) electrons. The Morgan fingerprint density at radius 2 is 1.88 bits per heavy atom. The summed E-state index contributed by atoms with van der Waals surface area (Å²) in [4.78, 5) is 14.4. The SMILES string of the molecule is C[C@H](Oc1ccc2c(c1)CCCC2)C(=O)N(C)[C@@H]1CCCC[C@H]1O. The number of aryl methyl sites for hydroxylation is 2. The number of rotatable bonds is 4. The molecule has 1 aromatic rings. The van der Waals surface area contributed by atoms with Crippen LogP contribution in [0.2, 0.25) is 0 Å². The van der Waals surface area contributed by atoms with Gasteiger partial charge in [-0.2, -0.15) is 0 Å². The monoisotopic (exact) mass is 331 g/mol. The highest BCUT2D eigenvalue weighted by molar-refractivity contribution is 5.81. The van der Waals surface area contributed by atoms with Crippen LogP contribution >= 0.6 is 0 Å². The maximum atomic E-state index is 12.7. The van der Waals surface area contributed by atoms with Crippen molar-refractivity contribution >= 4 is 5.91 Å². The molecule has 0 heterocycles. The van der Waals surface area contributed by atoms with Crippen LogP contribution in [0.4, 0.5) is 0 Å². The van der Waals surface area contributed by atoms with Crippen LogP contribution in [-0.4, -0.2) is 41.2 Å². The smallest absolute Gasteiger partial charge is 0.263 e. The predicted molar refractivity (Wildman–Crippen MR) is 94.2 cm³/mol. The van der Waals surface area contributed by atoms with Crippen LogP contribution in [0.3, 0.4) is 0 Å². The second kappa shape index (κ2) is 7.56. The van der Waals surface area contributed by atoms with E-state index in [0.29, 0.717) is 0 Å². The molecule has 2 aliphatic carbocycles. The number of likely N-dealkylation sites (N-methyl/N-ethyl adjacent to an activating group) is 1. The van der Waals surface area contributed by atoms with E-state index in [-0.39, 0.29) is 11.9 Å². The van der Waals surface area contributed by atoms with Crippen molar-refractivity contribution in [2.24, 2.45) is 0 Å². The van der Waals surface area contributed by atoms with Gasteiger partial charge in [0.15, 0.2) is 6.10 Å². The first-order valence-corrected chi connectivity index (χ1v) is 9.29. The largest absolute Gasteiger partial charge is 0.481 e. The molecule has 1 amide bonds. The van der Waals surface area contributed by atoms with Gasteiger partial charge in [0, 0.05) is 7.05 Å². The quantitative estimate of drug-likeness (QED) is 0.922. The van der Waals surface area contributed by atoms with E-state index in [1.807, 2.05) is 6.07 Å². The van der Waals surface area contributed by atoms with Gasteiger partial charge in [-0.25, -0.2) is 0 Å². The lowest BCUT2D eigenvalue weighted by Crippen LogP contribution is -2.50. The second-order valence-corrected chi connectivity index (χ2v) is 7.27. The topological polar surface area (TPSA) is 49.8 Å². The van der Waals surface area contributed by atoms with Crippen molar-refractivity contribution in [3.8, 4) is 5.75 Å². The number of carbonyl (C=O) groups is 1. The third-order valence-corrected chi connectivity index (χ3v) is 5.52. The number of benzene rings is 1. The number of ether oxygens (including phenoxy) is 1. The number of aliphatic hydroxyl groups is 1. The van der Waals surface area contributed by atoms with E-state index in [1.54, 1.807) is 18.9 Å². The van der Waals surface area contributed by atoms with Crippen molar-refractivity contribution in [1.29, 1.82) is 0 Å². The highest BCUT2D eigenvalue weighted by atomic mass is 16.5. The molecule has 132 valence electrons. The average Bonchev–Trinajstić information content (AvgIpc) is 2.60. The molecule has 3 rings (SSSR count). The number of aliphatic hydroxyl groups excluding tert-OH is 1. The zero-order chi connectivity index (χ0) is 17.1. The van der Waals surface area contributed by atoms with Gasteiger partial charge in [-0.05, 0) is 68.7 Å². The Hall–Kier alpha value is -1.55. The second-order valence-electron chi connectivity index (χ2n) is 7.27. The molecule has 1 saturated carbocycles. The third-order valence-electron chi connectivity index (χ3n) is 5.52. The molecule has 4 heteroatoms. The van der Waals surface area contributed by atoms with E-state index in [9.17, 15) is 9.90 Å². The van der Waals surface area contributed by atoms with Gasteiger partial charge < -0.3 is 14.7 Å². The third kappa shape index (κ3) is 3.75. The molecule has 24 heavy (non-hydrogen) atoms. The van der Waals surface area contributed by atoms with Crippen molar-refractivity contribution < 1.29 is 14.6 Å².